The molecule has 2 unspecified atom stereocenters. The number of benzene rings is 3. The maximum absolute atomic E-state index is 14.0. The molecule has 0 aromatic heterocycles. The van der Waals surface area contributed by atoms with Crippen LogP contribution < -0.4 is 4.74 Å². The van der Waals surface area contributed by atoms with Crippen molar-refractivity contribution in [2.24, 2.45) is 5.41 Å². The third-order valence-electron chi connectivity index (χ3n) is 7.90. The van der Waals surface area contributed by atoms with Crippen molar-refractivity contribution in [1.29, 1.82) is 0 Å². The third kappa shape index (κ3) is 7.00. The fourth-order valence-corrected chi connectivity index (χ4v) is 7.43. The molecule has 2 atom stereocenters. The molecule has 10 heteroatoms. The average Bonchev–Trinajstić information content (AvgIpc) is 2.98. The van der Waals surface area contributed by atoms with E-state index < -0.39 is 38.2 Å². The molecule has 6 nitrogen and oxygen atoms in total. The van der Waals surface area contributed by atoms with Gasteiger partial charge in [0.2, 0.25) is 0 Å². The van der Waals surface area contributed by atoms with Crippen LogP contribution in [0.4, 0.5) is 8.78 Å². The fraction of sp³-hybridized carbons (Fsp3) is 0.438. The first kappa shape index (κ1) is 32.4. The number of rotatable bonds is 12. The van der Waals surface area contributed by atoms with Crippen LogP contribution in [0.15, 0.2) is 93.5 Å². The number of ether oxygens (including phenoxy) is 3. The Morgan fingerprint density at radius 2 is 1.45 bits per heavy atom. The van der Waals surface area contributed by atoms with Crippen LogP contribution in [0, 0.1) is 5.41 Å². The summed E-state index contributed by atoms with van der Waals surface area (Å²) in [6, 6.07) is 24.7. The Hall–Kier alpha value is -2.50. The van der Waals surface area contributed by atoms with Gasteiger partial charge in [-0.1, -0.05) is 44.9 Å². The van der Waals surface area contributed by atoms with E-state index in [-0.39, 0.29) is 11.2 Å². The van der Waals surface area contributed by atoms with Crippen molar-refractivity contribution in [3.63, 3.8) is 0 Å². The number of hydrogen-bond acceptors (Lipinski definition) is 5. The molecule has 1 heterocycles. The summed E-state index contributed by atoms with van der Waals surface area (Å²) in [5.41, 5.74) is 0.978. The summed E-state index contributed by atoms with van der Waals surface area (Å²) in [4.78, 5) is 3.01. The Bertz CT molecular complexity index is 1410. The normalized spacial score (nSPS) is 22.8. The molecule has 228 valence electrons. The zero-order valence-electron chi connectivity index (χ0n) is 24.4. The Morgan fingerprint density at radius 3 is 1.95 bits per heavy atom. The lowest BCUT2D eigenvalue weighted by molar-refractivity contribution is -0.305. The minimum Gasteiger partial charge on any atom is -0.483 e. The molecule has 4 rings (SSSR count). The van der Waals surface area contributed by atoms with Crippen LogP contribution in [-0.4, -0.2) is 37.5 Å². The van der Waals surface area contributed by atoms with Crippen LogP contribution in [0.1, 0.15) is 58.9 Å². The highest BCUT2D eigenvalue weighted by Gasteiger charge is 2.51. The Kier molecular flexibility index (Phi) is 10.0. The van der Waals surface area contributed by atoms with Gasteiger partial charge in [0.25, 0.3) is 0 Å². The van der Waals surface area contributed by atoms with Gasteiger partial charge in [-0.15, -0.1) is 0 Å². The van der Waals surface area contributed by atoms with Gasteiger partial charge in [-0.2, -0.15) is 17.2 Å². The number of unbranched alkanes of at least 4 members (excludes halogenated alkanes) is 1. The van der Waals surface area contributed by atoms with Crippen molar-refractivity contribution in [2.75, 3.05) is 13.2 Å². The molecule has 0 spiro atoms. The van der Waals surface area contributed by atoms with Gasteiger partial charge in [0.05, 0.1) is 24.1 Å². The van der Waals surface area contributed by atoms with E-state index in [4.69, 9.17) is 18.8 Å². The van der Waals surface area contributed by atoms with E-state index in [1.54, 1.807) is 12.1 Å². The highest BCUT2D eigenvalue weighted by atomic mass is 32.2. The van der Waals surface area contributed by atoms with Gasteiger partial charge in [-0.3, -0.25) is 4.55 Å². The van der Waals surface area contributed by atoms with E-state index in [0.717, 1.165) is 52.9 Å². The Labute approximate surface area is 250 Å². The molecule has 1 fully saturated rings. The fourth-order valence-electron chi connectivity index (χ4n) is 4.90. The lowest BCUT2D eigenvalue weighted by atomic mass is 9.80. The van der Waals surface area contributed by atoms with Crippen molar-refractivity contribution in [1.82, 2.24) is 0 Å². The van der Waals surface area contributed by atoms with Gasteiger partial charge >= 0.3 is 15.4 Å². The predicted molar refractivity (Wildman–Crippen MR) is 160 cm³/mol. The smallest absolute Gasteiger partial charge is 0.405 e. The molecule has 0 aliphatic carbocycles. The summed E-state index contributed by atoms with van der Waals surface area (Å²) in [6.07, 6.45) is 2.30. The van der Waals surface area contributed by atoms with Gasteiger partial charge in [0.15, 0.2) is 26.6 Å². The van der Waals surface area contributed by atoms with Crippen LogP contribution in [0.3, 0.4) is 0 Å². The van der Waals surface area contributed by atoms with Gasteiger partial charge in [-0.05, 0) is 87.4 Å². The number of alkyl halides is 2. The average molecular weight is 622 g/mol. The Morgan fingerprint density at radius 1 is 0.929 bits per heavy atom. The standard InChI is InChI=1S/C32H38F2O6S2/c1-5-7-21-31(6-2)22-38-30(4,39-23-31)25-13-17-28(18-14-25)41(27-11-9-8-10-12-27)29-19-15-26(16-20-29)40-24(3)32(33,34)42(35,36)37/h8-20,24H,5-7,21-23H2,1-4H3/p+1. The summed E-state index contributed by atoms with van der Waals surface area (Å²) in [5.74, 6) is -0.780. The van der Waals surface area contributed by atoms with Crippen LogP contribution in [0.2, 0.25) is 0 Å². The summed E-state index contributed by atoms with van der Waals surface area (Å²) in [7, 11) is -6.15. The number of halogens is 2. The molecule has 42 heavy (non-hydrogen) atoms. The van der Waals surface area contributed by atoms with Crippen LogP contribution >= 0.6 is 0 Å². The first-order chi connectivity index (χ1) is 19.8. The molecule has 0 bridgehead atoms. The quantitative estimate of drug-likeness (QED) is 0.164. The second kappa shape index (κ2) is 13.0. The summed E-state index contributed by atoms with van der Waals surface area (Å²) < 4.78 is 76.9. The van der Waals surface area contributed by atoms with Gasteiger partial charge in [-0.25, -0.2) is 0 Å². The van der Waals surface area contributed by atoms with Crippen LogP contribution in [0.25, 0.3) is 0 Å². The molecule has 0 amide bonds. The third-order valence-corrected chi connectivity index (χ3v) is 11.2. The van der Waals surface area contributed by atoms with E-state index >= 15 is 0 Å². The molecule has 0 radical (unpaired) electrons. The predicted octanol–water partition coefficient (Wildman–Crippen LogP) is 7.84. The topological polar surface area (TPSA) is 82.1 Å². The van der Waals surface area contributed by atoms with Crippen molar-refractivity contribution >= 4 is 21.0 Å². The largest absolute Gasteiger partial charge is 0.483 e. The van der Waals surface area contributed by atoms with Crippen LogP contribution in [-0.2, 0) is 36.3 Å². The first-order valence-corrected chi connectivity index (χ1v) is 16.8. The summed E-state index contributed by atoms with van der Waals surface area (Å²) in [6.45, 7) is 8.55. The SMILES string of the molecule is CCCCC1(CC)COC(C)(c2ccc([S+](c3ccccc3)c3ccc(OC(C)C(F)(F)S(=O)(=O)O)cc3)cc2)OC1. The summed E-state index contributed by atoms with van der Waals surface area (Å²) in [5, 5.41) is -4.45. The van der Waals surface area contributed by atoms with E-state index in [1.807, 2.05) is 49.4 Å². The molecular weight excluding hydrogens is 582 g/mol. The molecule has 1 aliphatic heterocycles. The maximum Gasteiger partial charge on any atom is 0.405 e. The van der Waals surface area contributed by atoms with E-state index in [1.165, 1.54) is 12.1 Å². The number of hydrogen-bond donors (Lipinski definition) is 1. The highest BCUT2D eigenvalue weighted by Crippen LogP contribution is 2.42. The molecule has 0 saturated carbocycles. The lowest BCUT2D eigenvalue weighted by Gasteiger charge is -2.45. The minimum absolute atomic E-state index is 0.0468. The van der Waals surface area contributed by atoms with E-state index in [0.29, 0.717) is 13.2 Å². The monoisotopic (exact) mass is 621 g/mol. The second-order valence-corrected chi connectivity index (χ2v) is 14.4. The van der Waals surface area contributed by atoms with Gasteiger partial charge in [0, 0.05) is 11.0 Å². The zero-order valence-corrected chi connectivity index (χ0v) is 26.0. The molecule has 1 aliphatic rings. The molecule has 1 N–H and O–H groups in total. The van der Waals surface area contributed by atoms with E-state index in [2.05, 4.69) is 26.0 Å². The van der Waals surface area contributed by atoms with Crippen molar-refractivity contribution in [3.05, 3.63) is 84.4 Å². The van der Waals surface area contributed by atoms with E-state index in [9.17, 15) is 17.2 Å². The first-order valence-electron chi connectivity index (χ1n) is 14.1. The maximum atomic E-state index is 14.0. The summed E-state index contributed by atoms with van der Waals surface area (Å²) >= 11 is 0. The van der Waals surface area contributed by atoms with Gasteiger partial charge < -0.3 is 14.2 Å². The minimum atomic E-state index is -5.62. The van der Waals surface area contributed by atoms with Crippen molar-refractivity contribution < 1.29 is 36.0 Å². The lowest BCUT2D eigenvalue weighted by Crippen LogP contribution is -2.46. The highest BCUT2D eigenvalue weighted by molar-refractivity contribution is 7.97. The molecule has 3 aromatic rings. The molecule has 3 aromatic carbocycles. The van der Waals surface area contributed by atoms with Crippen molar-refractivity contribution in [2.45, 2.75) is 85.2 Å². The molecular formula is C32H39F2O6S2+. The van der Waals surface area contributed by atoms with Gasteiger partial charge in [0.1, 0.15) is 5.75 Å². The molecule has 1 saturated heterocycles. The zero-order chi connectivity index (χ0) is 30.6. The second-order valence-electron chi connectivity index (χ2n) is 10.9. The van der Waals surface area contributed by atoms with Crippen molar-refractivity contribution in [3.8, 4) is 5.75 Å². The Balaban J connectivity index is 1.56. The van der Waals surface area contributed by atoms with Crippen LogP contribution in [0.5, 0.6) is 5.75 Å².